The maximum atomic E-state index is 13.3. The molecule has 0 atom stereocenters. The lowest BCUT2D eigenvalue weighted by atomic mass is 9.99. The third kappa shape index (κ3) is 3.14. The Hall–Kier alpha value is -2.54. The number of hydrogen-bond acceptors (Lipinski definition) is 3. The molecule has 1 aromatic heterocycles. The van der Waals surface area contributed by atoms with Crippen LogP contribution in [0.4, 0.5) is 18.9 Å². The number of rotatable bonds is 2. The summed E-state index contributed by atoms with van der Waals surface area (Å²) in [5.74, 6) is -0.294. The van der Waals surface area contributed by atoms with E-state index in [2.05, 4.69) is 4.98 Å². The molecular weight excluding hydrogens is 367 g/mol. The number of benzene rings is 1. The van der Waals surface area contributed by atoms with Crippen LogP contribution in [0.1, 0.15) is 21.6 Å². The summed E-state index contributed by atoms with van der Waals surface area (Å²) in [5, 5.41) is -0.266. The predicted molar refractivity (Wildman–Crippen MR) is 94.6 cm³/mol. The molecule has 1 aromatic carbocycles. The van der Waals surface area contributed by atoms with Crippen LogP contribution in [0.5, 0.6) is 0 Å². The second kappa shape index (κ2) is 6.32. The number of pyridine rings is 1. The third-order valence-electron chi connectivity index (χ3n) is 4.14. The molecular formula is C18H15ClF3N3O. The van der Waals surface area contributed by atoms with E-state index >= 15 is 0 Å². The van der Waals surface area contributed by atoms with Crippen LogP contribution in [-0.2, 0) is 6.42 Å². The Bertz CT molecular complexity index is 936. The van der Waals surface area contributed by atoms with E-state index in [1.807, 2.05) is 0 Å². The van der Waals surface area contributed by atoms with Gasteiger partial charge in [-0.05, 0) is 23.8 Å². The van der Waals surface area contributed by atoms with Crippen molar-refractivity contribution in [2.45, 2.75) is 12.6 Å². The quantitative estimate of drug-likeness (QED) is 0.797. The highest BCUT2D eigenvalue weighted by molar-refractivity contribution is 6.33. The molecule has 8 heteroatoms. The Balaban J connectivity index is 2.10. The molecule has 0 saturated heterocycles. The van der Waals surface area contributed by atoms with E-state index in [-0.39, 0.29) is 34.2 Å². The number of nitrogens with two attached hydrogens (primary N) is 1. The van der Waals surface area contributed by atoms with Gasteiger partial charge >= 0.3 is 6.18 Å². The molecule has 0 bridgehead atoms. The standard InChI is InChI=1S/C18H15ClF3N3O/c1-25(2)17(26)11-5-9(3-4-14(11)23)10-6-12-15(24-8-10)7-13(19)16(12)18(20,21)22/h3-6,8H,7,23H2,1-2H3. The van der Waals surface area contributed by atoms with Gasteiger partial charge in [0.25, 0.3) is 5.91 Å². The van der Waals surface area contributed by atoms with E-state index in [1.54, 1.807) is 32.3 Å². The molecule has 0 radical (unpaired) electrons. The van der Waals surface area contributed by atoms with Gasteiger partial charge in [0, 0.05) is 48.6 Å². The smallest absolute Gasteiger partial charge is 0.398 e. The first kappa shape index (κ1) is 18.3. The van der Waals surface area contributed by atoms with E-state index in [4.69, 9.17) is 17.3 Å². The SMILES string of the molecule is CN(C)C(=O)c1cc(-c2cnc3c(c2)C(C(F)(F)F)=C(Cl)C3)ccc1N. The van der Waals surface area contributed by atoms with Crippen LogP contribution in [0.3, 0.4) is 0 Å². The average molecular weight is 382 g/mol. The summed E-state index contributed by atoms with van der Waals surface area (Å²) < 4.78 is 39.9. The second-order valence-electron chi connectivity index (χ2n) is 6.17. The van der Waals surface area contributed by atoms with Crippen molar-refractivity contribution in [1.82, 2.24) is 9.88 Å². The molecule has 0 saturated carbocycles. The number of aromatic nitrogens is 1. The number of carbonyl (C=O) groups excluding carboxylic acids is 1. The predicted octanol–water partition coefficient (Wildman–Crippen LogP) is 4.10. The second-order valence-corrected chi connectivity index (χ2v) is 6.63. The van der Waals surface area contributed by atoms with E-state index < -0.39 is 11.7 Å². The summed E-state index contributed by atoms with van der Waals surface area (Å²) in [5.41, 5.74) is 6.81. The highest BCUT2D eigenvalue weighted by Crippen LogP contribution is 2.45. The van der Waals surface area contributed by atoms with Gasteiger partial charge in [0.1, 0.15) is 0 Å². The zero-order valence-corrected chi connectivity index (χ0v) is 14.7. The summed E-state index contributed by atoms with van der Waals surface area (Å²) in [7, 11) is 3.18. The lowest BCUT2D eigenvalue weighted by Gasteiger charge is -2.14. The number of alkyl halides is 3. The van der Waals surface area contributed by atoms with Crippen LogP contribution in [0.15, 0.2) is 35.5 Å². The number of hydrogen-bond donors (Lipinski definition) is 1. The summed E-state index contributed by atoms with van der Waals surface area (Å²) in [6.45, 7) is 0. The molecule has 26 heavy (non-hydrogen) atoms. The van der Waals surface area contributed by atoms with Gasteiger partial charge in [0.2, 0.25) is 0 Å². The van der Waals surface area contributed by atoms with Crippen molar-refractivity contribution in [1.29, 1.82) is 0 Å². The van der Waals surface area contributed by atoms with Crippen LogP contribution in [-0.4, -0.2) is 36.1 Å². The Labute approximate surface area is 153 Å². The molecule has 4 nitrogen and oxygen atoms in total. The Morgan fingerprint density at radius 1 is 1.23 bits per heavy atom. The Morgan fingerprint density at radius 3 is 2.54 bits per heavy atom. The average Bonchev–Trinajstić information content (AvgIpc) is 2.89. The van der Waals surface area contributed by atoms with Crippen LogP contribution in [0.25, 0.3) is 16.7 Å². The molecule has 0 fully saturated rings. The zero-order valence-electron chi connectivity index (χ0n) is 14.0. The molecule has 2 aromatic rings. The first-order valence-electron chi connectivity index (χ1n) is 7.66. The highest BCUT2D eigenvalue weighted by atomic mass is 35.5. The van der Waals surface area contributed by atoms with Crippen molar-refractivity contribution in [3.05, 3.63) is 52.3 Å². The van der Waals surface area contributed by atoms with Crippen molar-refractivity contribution in [3.8, 4) is 11.1 Å². The Kier molecular flexibility index (Phi) is 4.44. The molecule has 1 heterocycles. The summed E-state index contributed by atoms with van der Waals surface area (Å²) >= 11 is 5.80. The van der Waals surface area contributed by atoms with Gasteiger partial charge < -0.3 is 10.6 Å². The highest BCUT2D eigenvalue weighted by Gasteiger charge is 2.41. The number of nitrogen functional groups attached to an aromatic ring is 1. The van der Waals surface area contributed by atoms with Crippen molar-refractivity contribution >= 4 is 28.8 Å². The van der Waals surface area contributed by atoms with E-state index in [9.17, 15) is 18.0 Å². The number of carbonyl (C=O) groups is 1. The van der Waals surface area contributed by atoms with E-state index in [0.29, 0.717) is 16.8 Å². The first-order valence-corrected chi connectivity index (χ1v) is 8.04. The van der Waals surface area contributed by atoms with Crippen molar-refractivity contribution in [2.75, 3.05) is 19.8 Å². The van der Waals surface area contributed by atoms with E-state index in [1.165, 1.54) is 17.2 Å². The fraction of sp³-hybridized carbons (Fsp3) is 0.222. The van der Waals surface area contributed by atoms with Crippen molar-refractivity contribution in [2.24, 2.45) is 0 Å². The van der Waals surface area contributed by atoms with Gasteiger partial charge in [-0.3, -0.25) is 9.78 Å². The molecule has 0 aliphatic heterocycles. The van der Waals surface area contributed by atoms with Crippen molar-refractivity contribution in [3.63, 3.8) is 0 Å². The topological polar surface area (TPSA) is 59.2 Å². The number of fused-ring (bicyclic) bond motifs is 1. The minimum Gasteiger partial charge on any atom is -0.398 e. The first-order chi connectivity index (χ1) is 12.1. The number of nitrogens with zero attached hydrogens (tertiary/aromatic N) is 2. The minimum absolute atomic E-state index is 0.0303. The zero-order chi connectivity index (χ0) is 19.2. The maximum absolute atomic E-state index is 13.3. The lowest BCUT2D eigenvalue weighted by Crippen LogP contribution is -2.22. The molecule has 2 N–H and O–H groups in total. The van der Waals surface area contributed by atoms with Crippen LogP contribution < -0.4 is 5.73 Å². The number of anilines is 1. The van der Waals surface area contributed by atoms with Gasteiger partial charge in [-0.1, -0.05) is 17.7 Å². The fourth-order valence-corrected chi connectivity index (χ4v) is 3.19. The van der Waals surface area contributed by atoms with Gasteiger partial charge in [0.05, 0.1) is 16.8 Å². The summed E-state index contributed by atoms with van der Waals surface area (Å²) in [6, 6.07) is 6.13. The number of halogens is 4. The van der Waals surface area contributed by atoms with Crippen LogP contribution in [0.2, 0.25) is 0 Å². The third-order valence-corrected chi connectivity index (χ3v) is 4.46. The van der Waals surface area contributed by atoms with Gasteiger partial charge in [-0.25, -0.2) is 0 Å². The molecule has 136 valence electrons. The number of amides is 1. The van der Waals surface area contributed by atoms with Gasteiger partial charge in [-0.15, -0.1) is 0 Å². The molecule has 0 spiro atoms. The van der Waals surface area contributed by atoms with Crippen molar-refractivity contribution < 1.29 is 18.0 Å². The molecule has 1 aliphatic rings. The molecule has 3 rings (SSSR count). The minimum atomic E-state index is -4.56. The molecule has 1 amide bonds. The summed E-state index contributed by atoms with van der Waals surface area (Å²) in [4.78, 5) is 17.7. The maximum Gasteiger partial charge on any atom is 0.418 e. The summed E-state index contributed by atoms with van der Waals surface area (Å²) in [6.07, 6.45) is -3.13. The number of allylic oxidation sites excluding steroid dienone is 2. The van der Waals surface area contributed by atoms with Gasteiger partial charge in [-0.2, -0.15) is 13.2 Å². The Morgan fingerprint density at radius 2 is 1.92 bits per heavy atom. The molecule has 1 aliphatic carbocycles. The largest absolute Gasteiger partial charge is 0.418 e. The van der Waals surface area contributed by atoms with E-state index in [0.717, 1.165) is 0 Å². The van der Waals surface area contributed by atoms with Crippen LogP contribution in [0, 0.1) is 0 Å². The van der Waals surface area contributed by atoms with Crippen LogP contribution >= 0.6 is 11.6 Å². The monoisotopic (exact) mass is 381 g/mol. The van der Waals surface area contributed by atoms with Gasteiger partial charge in [0.15, 0.2) is 0 Å². The fourth-order valence-electron chi connectivity index (χ4n) is 2.86. The normalized spacial score (nSPS) is 13.8. The lowest BCUT2D eigenvalue weighted by molar-refractivity contribution is -0.0689. The molecule has 0 unspecified atom stereocenters.